The van der Waals surface area contributed by atoms with E-state index in [9.17, 15) is 19.2 Å². The number of carbonyl (C=O) groups is 4. The number of nitrogens with one attached hydrogen (secondary N) is 3. The van der Waals surface area contributed by atoms with Crippen LogP contribution >= 0.6 is 0 Å². The minimum absolute atomic E-state index is 0.0361. The Morgan fingerprint density at radius 3 is 2.27 bits per heavy atom. The lowest BCUT2D eigenvalue weighted by molar-refractivity contribution is -0.149. The van der Waals surface area contributed by atoms with Gasteiger partial charge in [-0.3, -0.25) is 30.0 Å². The summed E-state index contributed by atoms with van der Waals surface area (Å²) in [5, 5.41) is 2.62. The molecule has 0 unspecified atom stereocenters. The molecule has 30 heavy (non-hydrogen) atoms. The first-order valence-corrected chi connectivity index (χ1v) is 10.5. The average molecular weight is 417 g/mol. The molecule has 0 aliphatic heterocycles. The minimum Gasteiger partial charge on any atom is -0.459 e. The average Bonchev–Trinajstić information content (AvgIpc) is 3.22. The van der Waals surface area contributed by atoms with E-state index in [1.54, 1.807) is 0 Å². The molecular formula is C21H27N3O6. The number of carbonyl (C=O) groups excluding carboxylic acids is 4. The van der Waals surface area contributed by atoms with E-state index in [-0.39, 0.29) is 23.6 Å². The summed E-state index contributed by atoms with van der Waals surface area (Å²) in [4.78, 5) is 47.5. The van der Waals surface area contributed by atoms with Crippen LogP contribution < -0.4 is 16.2 Å². The molecule has 1 aromatic heterocycles. The van der Waals surface area contributed by atoms with E-state index in [0.717, 1.165) is 37.0 Å². The van der Waals surface area contributed by atoms with Gasteiger partial charge in [-0.1, -0.05) is 0 Å². The van der Waals surface area contributed by atoms with Gasteiger partial charge in [0.2, 0.25) is 5.91 Å². The highest BCUT2D eigenvalue weighted by atomic mass is 16.5. The van der Waals surface area contributed by atoms with Crippen molar-refractivity contribution in [2.75, 3.05) is 13.2 Å². The van der Waals surface area contributed by atoms with Gasteiger partial charge in [0.25, 0.3) is 5.91 Å². The van der Waals surface area contributed by atoms with Gasteiger partial charge in [-0.15, -0.1) is 0 Å². The van der Waals surface area contributed by atoms with E-state index in [0.29, 0.717) is 6.42 Å². The van der Waals surface area contributed by atoms with Crippen molar-refractivity contribution in [3.05, 3.63) is 24.2 Å². The molecule has 4 aliphatic rings. The monoisotopic (exact) mass is 417 g/mol. The third-order valence-corrected chi connectivity index (χ3v) is 6.56. The van der Waals surface area contributed by atoms with Crippen LogP contribution in [0.4, 0.5) is 0 Å². The Labute approximate surface area is 174 Å². The van der Waals surface area contributed by atoms with Gasteiger partial charge in [-0.05, 0) is 73.8 Å². The zero-order valence-electron chi connectivity index (χ0n) is 16.8. The van der Waals surface area contributed by atoms with Crippen molar-refractivity contribution in [2.24, 2.45) is 23.2 Å². The first-order valence-electron chi connectivity index (χ1n) is 10.5. The number of hydrogen-bond acceptors (Lipinski definition) is 6. The lowest BCUT2D eigenvalue weighted by Crippen LogP contribution is -2.48. The maximum Gasteiger partial charge on any atom is 0.325 e. The van der Waals surface area contributed by atoms with Gasteiger partial charge in [0, 0.05) is 6.42 Å². The van der Waals surface area contributed by atoms with Gasteiger partial charge in [-0.2, -0.15) is 0 Å². The molecule has 1 heterocycles. The summed E-state index contributed by atoms with van der Waals surface area (Å²) < 4.78 is 9.71. The van der Waals surface area contributed by atoms with Crippen molar-refractivity contribution in [1.29, 1.82) is 0 Å². The van der Waals surface area contributed by atoms with Gasteiger partial charge in [0.1, 0.15) is 6.54 Å². The highest BCUT2D eigenvalue weighted by molar-refractivity contribution is 5.93. The Kier molecular flexibility index (Phi) is 5.78. The van der Waals surface area contributed by atoms with Crippen LogP contribution in [0.1, 0.15) is 55.5 Å². The lowest BCUT2D eigenvalue weighted by atomic mass is 9.49. The van der Waals surface area contributed by atoms with Crippen molar-refractivity contribution in [3.63, 3.8) is 0 Å². The molecule has 9 heteroatoms. The molecule has 0 spiro atoms. The van der Waals surface area contributed by atoms with E-state index in [1.807, 2.05) is 0 Å². The molecular weight excluding hydrogens is 390 g/mol. The van der Waals surface area contributed by atoms with Gasteiger partial charge in [0.15, 0.2) is 12.4 Å². The van der Waals surface area contributed by atoms with Crippen molar-refractivity contribution in [3.8, 4) is 0 Å². The van der Waals surface area contributed by atoms with Crippen molar-refractivity contribution < 1.29 is 28.3 Å². The van der Waals surface area contributed by atoms with E-state index in [4.69, 9.17) is 9.15 Å². The van der Waals surface area contributed by atoms with Crippen LogP contribution in [-0.2, 0) is 19.1 Å². The number of hydrogen-bond donors (Lipinski definition) is 3. The number of ether oxygens (including phenoxy) is 1. The summed E-state index contributed by atoms with van der Waals surface area (Å²) in [5.74, 6) is 0.154. The largest absolute Gasteiger partial charge is 0.459 e. The van der Waals surface area contributed by atoms with E-state index < -0.39 is 24.4 Å². The number of amides is 3. The second-order valence-electron chi connectivity index (χ2n) is 9.01. The van der Waals surface area contributed by atoms with Crippen LogP contribution in [0.25, 0.3) is 0 Å². The molecule has 5 rings (SSSR count). The molecule has 0 radical (unpaired) electrons. The van der Waals surface area contributed by atoms with Crippen LogP contribution in [0, 0.1) is 23.2 Å². The number of rotatable bonds is 7. The van der Waals surface area contributed by atoms with Gasteiger partial charge < -0.3 is 14.5 Å². The number of esters is 1. The normalized spacial score (nSPS) is 28.6. The number of furan rings is 1. The fourth-order valence-electron chi connectivity index (χ4n) is 5.91. The van der Waals surface area contributed by atoms with Gasteiger partial charge in [0.05, 0.1) is 6.26 Å². The molecule has 4 fully saturated rings. The summed E-state index contributed by atoms with van der Waals surface area (Å²) in [6.07, 6.45) is 9.12. The Hall–Kier alpha value is -2.84. The fourth-order valence-corrected chi connectivity index (χ4v) is 5.91. The van der Waals surface area contributed by atoms with Crippen LogP contribution in [0.3, 0.4) is 0 Å². The zero-order valence-corrected chi connectivity index (χ0v) is 16.8. The van der Waals surface area contributed by atoms with E-state index in [1.165, 1.54) is 37.7 Å². The third kappa shape index (κ3) is 4.83. The Bertz CT molecular complexity index is 783. The predicted molar refractivity (Wildman–Crippen MR) is 104 cm³/mol. The van der Waals surface area contributed by atoms with Crippen LogP contribution in [0.15, 0.2) is 22.8 Å². The molecule has 4 aliphatic carbocycles. The lowest BCUT2D eigenvalue weighted by Gasteiger charge is -2.56. The number of hydrazine groups is 1. The molecule has 4 bridgehead atoms. The van der Waals surface area contributed by atoms with Gasteiger partial charge in [-0.25, -0.2) is 0 Å². The highest BCUT2D eigenvalue weighted by Crippen LogP contribution is 2.61. The molecule has 1 aromatic rings. The second kappa shape index (κ2) is 8.49. The third-order valence-electron chi connectivity index (χ3n) is 6.56. The Morgan fingerprint density at radius 2 is 1.67 bits per heavy atom. The molecule has 0 atom stereocenters. The van der Waals surface area contributed by atoms with Crippen molar-refractivity contribution >= 4 is 23.7 Å². The first kappa shape index (κ1) is 20.4. The topological polar surface area (TPSA) is 127 Å². The quantitative estimate of drug-likeness (QED) is 0.453. The predicted octanol–water partition coefficient (Wildman–Crippen LogP) is 1.31. The SMILES string of the molecule is O=C(CC12CC3CC(CC(C3)C1)C2)NCC(=O)OCC(=O)NNC(=O)c1ccco1. The van der Waals surface area contributed by atoms with Crippen molar-refractivity contribution in [1.82, 2.24) is 16.2 Å². The summed E-state index contributed by atoms with van der Waals surface area (Å²) in [6, 6.07) is 2.98. The molecule has 9 nitrogen and oxygen atoms in total. The minimum atomic E-state index is -0.707. The molecule has 162 valence electrons. The van der Waals surface area contributed by atoms with Crippen LogP contribution in [0.2, 0.25) is 0 Å². The Morgan fingerprint density at radius 1 is 1.00 bits per heavy atom. The summed E-state index contributed by atoms with van der Waals surface area (Å²) in [6.45, 7) is -0.848. The van der Waals surface area contributed by atoms with E-state index >= 15 is 0 Å². The molecule has 3 amide bonds. The molecule has 4 saturated carbocycles. The maximum absolute atomic E-state index is 12.4. The fraction of sp³-hybridized carbons (Fsp3) is 0.619. The van der Waals surface area contributed by atoms with Crippen LogP contribution in [-0.4, -0.2) is 36.8 Å². The smallest absolute Gasteiger partial charge is 0.325 e. The molecule has 0 aromatic carbocycles. The van der Waals surface area contributed by atoms with Gasteiger partial charge >= 0.3 is 11.9 Å². The first-order chi connectivity index (χ1) is 14.4. The zero-order chi connectivity index (χ0) is 21.1. The van der Waals surface area contributed by atoms with Crippen molar-refractivity contribution in [2.45, 2.75) is 44.9 Å². The second-order valence-corrected chi connectivity index (χ2v) is 9.01. The van der Waals surface area contributed by atoms with Crippen LogP contribution in [0.5, 0.6) is 0 Å². The molecule has 3 N–H and O–H groups in total. The standard InChI is InChI=1S/C21H27N3O6/c25-17(10-21-7-13-4-14(8-21)6-15(5-13)9-21)22-11-19(27)30-12-18(26)23-24-20(28)16-2-1-3-29-16/h1-3,13-15H,4-12H2,(H,22,25)(H,23,26)(H,24,28). The van der Waals surface area contributed by atoms with E-state index in [2.05, 4.69) is 16.2 Å². The maximum atomic E-state index is 12.4. The summed E-state index contributed by atoms with van der Waals surface area (Å²) in [5.41, 5.74) is 4.36. The highest BCUT2D eigenvalue weighted by Gasteiger charge is 2.51. The Balaban J connectivity index is 1.12. The summed E-state index contributed by atoms with van der Waals surface area (Å²) >= 11 is 0. The molecule has 0 saturated heterocycles. The summed E-state index contributed by atoms with van der Waals surface area (Å²) in [7, 11) is 0.